The normalized spacial score (nSPS) is 22.0. The van der Waals surface area contributed by atoms with Crippen molar-refractivity contribution >= 4 is 47.2 Å². The van der Waals surface area contributed by atoms with Crippen LogP contribution in [0, 0.1) is 11.8 Å². The molecular weight excluding hydrogens is 378 g/mol. The Morgan fingerprint density at radius 3 is 2.50 bits per heavy atom. The summed E-state index contributed by atoms with van der Waals surface area (Å²) in [6.45, 7) is 1.70. The first-order valence-corrected chi connectivity index (χ1v) is 11.1. The van der Waals surface area contributed by atoms with E-state index in [1.165, 1.54) is 0 Å². The minimum atomic E-state index is -0.949. The molecule has 1 aliphatic rings. The molecule has 0 aromatic heterocycles. The fraction of sp³-hybridized carbons (Fsp3) is 0.765. The SMILES string of the molecule is CSCC(CS[C@H]1CCC(=O)[C@H]1NC(=O)CCCC(=O)O)C(C)C(=O)O. The van der Waals surface area contributed by atoms with Crippen LogP contribution in [0.3, 0.4) is 0 Å². The van der Waals surface area contributed by atoms with Crippen LogP contribution in [0.2, 0.25) is 0 Å². The molecule has 0 heterocycles. The lowest BCUT2D eigenvalue weighted by molar-refractivity contribution is -0.142. The van der Waals surface area contributed by atoms with E-state index in [0.29, 0.717) is 18.6 Å². The third kappa shape index (κ3) is 7.57. The lowest BCUT2D eigenvalue weighted by Crippen LogP contribution is -2.43. The lowest BCUT2D eigenvalue weighted by Gasteiger charge is -2.24. The van der Waals surface area contributed by atoms with Crippen LogP contribution in [0.15, 0.2) is 0 Å². The predicted molar refractivity (Wildman–Crippen MR) is 103 cm³/mol. The molecule has 0 aromatic carbocycles. The smallest absolute Gasteiger partial charge is 0.306 e. The summed E-state index contributed by atoms with van der Waals surface area (Å²) in [7, 11) is 0. The van der Waals surface area contributed by atoms with Gasteiger partial charge in [0.1, 0.15) is 0 Å². The average molecular weight is 406 g/mol. The number of ketones is 1. The number of hydrogen-bond donors (Lipinski definition) is 3. The Kier molecular flexibility index (Phi) is 10.1. The van der Waals surface area contributed by atoms with Crippen molar-refractivity contribution in [1.29, 1.82) is 0 Å². The number of carbonyl (C=O) groups is 4. The van der Waals surface area contributed by atoms with Crippen LogP contribution in [0.25, 0.3) is 0 Å². The van der Waals surface area contributed by atoms with Crippen molar-refractivity contribution in [3.8, 4) is 0 Å². The molecule has 0 aliphatic heterocycles. The Balaban J connectivity index is 2.56. The van der Waals surface area contributed by atoms with E-state index >= 15 is 0 Å². The van der Waals surface area contributed by atoms with Crippen molar-refractivity contribution in [3.05, 3.63) is 0 Å². The van der Waals surface area contributed by atoms with Crippen molar-refractivity contribution in [2.75, 3.05) is 17.8 Å². The molecule has 1 amide bonds. The Bertz CT molecular complexity index is 527. The van der Waals surface area contributed by atoms with Crippen LogP contribution in [0.1, 0.15) is 39.0 Å². The number of nitrogens with one attached hydrogen (secondary N) is 1. The molecule has 1 rings (SSSR count). The predicted octanol–water partition coefficient (Wildman–Crippen LogP) is 1.89. The molecule has 7 nitrogen and oxygen atoms in total. The molecule has 9 heteroatoms. The van der Waals surface area contributed by atoms with Crippen molar-refractivity contribution in [2.24, 2.45) is 11.8 Å². The zero-order chi connectivity index (χ0) is 19.7. The Hall–Kier alpha value is -1.22. The second kappa shape index (κ2) is 11.5. The first kappa shape index (κ1) is 22.8. The summed E-state index contributed by atoms with van der Waals surface area (Å²) in [5, 5.41) is 20.5. The quantitative estimate of drug-likeness (QED) is 0.450. The zero-order valence-corrected chi connectivity index (χ0v) is 16.7. The van der Waals surface area contributed by atoms with Crippen LogP contribution in [0.4, 0.5) is 0 Å². The van der Waals surface area contributed by atoms with Crippen molar-refractivity contribution in [3.63, 3.8) is 0 Å². The maximum absolute atomic E-state index is 12.1. The summed E-state index contributed by atoms with van der Waals surface area (Å²) in [5.74, 6) is -1.21. The summed E-state index contributed by atoms with van der Waals surface area (Å²) in [4.78, 5) is 45.8. The number of Topliss-reactive ketones (excluding diaryl/α,β-unsaturated/α-hetero) is 1. The summed E-state index contributed by atoms with van der Waals surface area (Å²) in [6.07, 6.45) is 3.25. The number of carboxylic acid groups (broad SMARTS) is 2. The van der Waals surface area contributed by atoms with Crippen LogP contribution < -0.4 is 5.32 Å². The highest BCUT2D eigenvalue weighted by molar-refractivity contribution is 8.00. The van der Waals surface area contributed by atoms with E-state index in [4.69, 9.17) is 5.11 Å². The fourth-order valence-electron chi connectivity index (χ4n) is 2.81. The van der Waals surface area contributed by atoms with E-state index in [0.717, 1.165) is 5.75 Å². The zero-order valence-electron chi connectivity index (χ0n) is 15.1. The van der Waals surface area contributed by atoms with Gasteiger partial charge >= 0.3 is 11.9 Å². The van der Waals surface area contributed by atoms with Gasteiger partial charge in [-0.15, -0.1) is 0 Å². The monoisotopic (exact) mass is 405 g/mol. The van der Waals surface area contributed by atoms with E-state index < -0.39 is 23.9 Å². The number of rotatable bonds is 12. The van der Waals surface area contributed by atoms with Gasteiger partial charge in [0.15, 0.2) is 5.78 Å². The topological polar surface area (TPSA) is 121 Å². The number of aliphatic carboxylic acids is 2. The van der Waals surface area contributed by atoms with E-state index in [-0.39, 0.29) is 42.1 Å². The number of carboxylic acids is 2. The minimum Gasteiger partial charge on any atom is -0.481 e. The highest BCUT2D eigenvalue weighted by Gasteiger charge is 2.37. The molecule has 4 atom stereocenters. The van der Waals surface area contributed by atoms with Gasteiger partial charge in [-0.05, 0) is 36.5 Å². The summed E-state index contributed by atoms with van der Waals surface area (Å²) in [6, 6.07) is -0.563. The molecule has 1 saturated carbocycles. The summed E-state index contributed by atoms with van der Waals surface area (Å²) in [5.41, 5.74) is 0. The van der Waals surface area contributed by atoms with Gasteiger partial charge in [-0.1, -0.05) is 6.92 Å². The number of amides is 1. The van der Waals surface area contributed by atoms with E-state index in [2.05, 4.69) is 5.32 Å². The Morgan fingerprint density at radius 1 is 1.23 bits per heavy atom. The van der Waals surface area contributed by atoms with Gasteiger partial charge in [-0.25, -0.2) is 0 Å². The van der Waals surface area contributed by atoms with Crippen LogP contribution in [-0.2, 0) is 19.2 Å². The number of thioether (sulfide) groups is 2. The molecule has 2 unspecified atom stereocenters. The van der Waals surface area contributed by atoms with E-state index in [1.54, 1.807) is 30.4 Å². The van der Waals surface area contributed by atoms with Crippen LogP contribution in [-0.4, -0.2) is 62.9 Å². The van der Waals surface area contributed by atoms with Crippen molar-refractivity contribution in [2.45, 2.75) is 50.3 Å². The van der Waals surface area contributed by atoms with Crippen molar-refractivity contribution < 1.29 is 29.4 Å². The summed E-state index contributed by atoms with van der Waals surface area (Å²) >= 11 is 3.15. The standard InChI is InChI=1S/C17H27NO6S2/c1-10(17(23)24)11(8-25-2)9-26-13-7-6-12(19)16(13)18-14(20)4-3-5-15(21)22/h10-11,13,16H,3-9H2,1-2H3,(H,18,20)(H,21,22)(H,23,24)/t10?,11?,13-,16+/m0/s1. The van der Waals surface area contributed by atoms with Gasteiger partial charge in [-0.3, -0.25) is 19.2 Å². The molecule has 26 heavy (non-hydrogen) atoms. The van der Waals surface area contributed by atoms with Gasteiger partial charge in [0.2, 0.25) is 5.91 Å². The fourth-order valence-corrected chi connectivity index (χ4v) is 5.39. The molecule has 3 N–H and O–H groups in total. The van der Waals surface area contributed by atoms with Gasteiger partial charge in [0.05, 0.1) is 12.0 Å². The van der Waals surface area contributed by atoms with Crippen molar-refractivity contribution in [1.82, 2.24) is 5.32 Å². The van der Waals surface area contributed by atoms with Crippen LogP contribution >= 0.6 is 23.5 Å². The maximum Gasteiger partial charge on any atom is 0.306 e. The first-order valence-electron chi connectivity index (χ1n) is 8.63. The third-order valence-corrected chi connectivity index (χ3v) is 6.82. The second-order valence-electron chi connectivity index (χ2n) is 6.51. The largest absolute Gasteiger partial charge is 0.481 e. The first-order chi connectivity index (χ1) is 12.3. The minimum absolute atomic E-state index is 0.00452. The summed E-state index contributed by atoms with van der Waals surface area (Å²) < 4.78 is 0. The molecule has 0 aromatic rings. The second-order valence-corrected chi connectivity index (χ2v) is 8.69. The Labute approximate surface area is 162 Å². The third-order valence-electron chi connectivity index (χ3n) is 4.51. The average Bonchev–Trinajstić information content (AvgIpc) is 2.90. The molecule has 1 fully saturated rings. The molecule has 148 valence electrons. The van der Waals surface area contributed by atoms with Gasteiger partial charge in [0, 0.05) is 24.5 Å². The molecule has 0 saturated heterocycles. The molecule has 1 aliphatic carbocycles. The number of carbonyl (C=O) groups excluding carboxylic acids is 2. The van der Waals surface area contributed by atoms with E-state index in [1.807, 2.05) is 6.26 Å². The van der Waals surface area contributed by atoms with Gasteiger partial charge < -0.3 is 15.5 Å². The molecule has 0 radical (unpaired) electrons. The van der Waals surface area contributed by atoms with E-state index in [9.17, 15) is 24.3 Å². The maximum atomic E-state index is 12.1. The van der Waals surface area contributed by atoms with Gasteiger partial charge in [0.25, 0.3) is 0 Å². The highest BCUT2D eigenvalue weighted by Crippen LogP contribution is 2.32. The molecular formula is C17H27NO6S2. The number of hydrogen-bond acceptors (Lipinski definition) is 6. The van der Waals surface area contributed by atoms with Crippen LogP contribution in [0.5, 0.6) is 0 Å². The molecule has 0 spiro atoms. The highest BCUT2D eigenvalue weighted by atomic mass is 32.2. The lowest BCUT2D eigenvalue weighted by atomic mass is 9.98. The Morgan fingerprint density at radius 2 is 1.92 bits per heavy atom. The molecule has 0 bridgehead atoms. The van der Waals surface area contributed by atoms with Gasteiger partial charge in [-0.2, -0.15) is 23.5 Å².